The second-order valence-electron chi connectivity index (χ2n) is 4.13. The number of hydrogen-bond donors (Lipinski definition) is 1. The average molecular weight is 242 g/mol. The van der Waals surface area contributed by atoms with Gasteiger partial charge in [-0.2, -0.15) is 0 Å². The molecule has 0 aromatic heterocycles. The Morgan fingerprint density at radius 1 is 1.11 bits per heavy atom. The minimum absolute atomic E-state index is 0.115. The van der Waals surface area contributed by atoms with Crippen molar-refractivity contribution in [2.75, 3.05) is 0 Å². The molecule has 2 rings (SSSR count). The third kappa shape index (κ3) is 3.35. The lowest BCUT2D eigenvalue weighted by atomic mass is 10.1. The summed E-state index contributed by atoms with van der Waals surface area (Å²) in [4.78, 5) is 11.1. The normalized spacial score (nSPS) is 10.1. The molecule has 0 bridgehead atoms. The predicted octanol–water partition coefficient (Wildman–Crippen LogP) is 3.32. The molecule has 0 unspecified atom stereocenters. The van der Waals surface area contributed by atoms with Crippen LogP contribution in [0.15, 0.2) is 48.5 Å². The highest BCUT2D eigenvalue weighted by Crippen LogP contribution is 2.25. The topological polar surface area (TPSA) is 46.5 Å². The van der Waals surface area contributed by atoms with E-state index in [-0.39, 0.29) is 11.5 Å². The Hall–Kier alpha value is -2.29. The monoisotopic (exact) mass is 242 g/mol. The second-order valence-corrected chi connectivity index (χ2v) is 4.13. The van der Waals surface area contributed by atoms with Gasteiger partial charge in [0.15, 0.2) is 0 Å². The molecule has 0 atom stereocenters. The van der Waals surface area contributed by atoms with E-state index in [0.29, 0.717) is 17.9 Å². The first-order valence-corrected chi connectivity index (χ1v) is 5.69. The van der Waals surface area contributed by atoms with Crippen molar-refractivity contribution < 1.29 is 14.6 Å². The van der Waals surface area contributed by atoms with Crippen LogP contribution in [0.5, 0.6) is 17.2 Å². The molecule has 0 radical (unpaired) electrons. The van der Waals surface area contributed by atoms with Crippen LogP contribution in [0.1, 0.15) is 12.5 Å². The number of carbonyl (C=O) groups is 1. The summed E-state index contributed by atoms with van der Waals surface area (Å²) >= 11 is 0. The van der Waals surface area contributed by atoms with Crippen molar-refractivity contribution >= 4 is 5.78 Å². The lowest BCUT2D eigenvalue weighted by Gasteiger charge is -2.07. The molecule has 0 heterocycles. The smallest absolute Gasteiger partial charge is 0.134 e. The Labute approximate surface area is 106 Å². The van der Waals surface area contributed by atoms with Crippen molar-refractivity contribution in [1.82, 2.24) is 0 Å². The minimum atomic E-state index is 0.115. The maximum atomic E-state index is 11.1. The summed E-state index contributed by atoms with van der Waals surface area (Å²) in [5.74, 6) is 1.49. The van der Waals surface area contributed by atoms with Gasteiger partial charge in [-0.3, -0.25) is 4.79 Å². The molecule has 0 aliphatic rings. The van der Waals surface area contributed by atoms with Gasteiger partial charge in [0.1, 0.15) is 23.0 Å². The number of aromatic hydroxyl groups is 1. The first-order valence-electron chi connectivity index (χ1n) is 5.69. The number of Topliss-reactive ketones (excluding diaryl/α,β-unsaturated/α-hetero) is 1. The molecule has 0 amide bonds. The molecule has 0 spiro atoms. The van der Waals surface area contributed by atoms with Gasteiger partial charge in [0, 0.05) is 12.5 Å². The van der Waals surface area contributed by atoms with Gasteiger partial charge < -0.3 is 9.84 Å². The van der Waals surface area contributed by atoms with Crippen LogP contribution in [-0.2, 0) is 11.2 Å². The number of ketones is 1. The van der Waals surface area contributed by atoms with Crippen LogP contribution >= 0.6 is 0 Å². The fraction of sp³-hybridized carbons (Fsp3) is 0.133. The number of ether oxygens (including phenoxy) is 1. The molecule has 1 N–H and O–H groups in total. The summed E-state index contributed by atoms with van der Waals surface area (Å²) in [6.07, 6.45) is 0.400. The summed E-state index contributed by atoms with van der Waals surface area (Å²) in [5.41, 5.74) is 0.917. The van der Waals surface area contributed by atoms with Crippen molar-refractivity contribution in [2.45, 2.75) is 13.3 Å². The number of rotatable bonds is 4. The van der Waals surface area contributed by atoms with Crippen LogP contribution in [0.3, 0.4) is 0 Å². The zero-order chi connectivity index (χ0) is 13.0. The van der Waals surface area contributed by atoms with E-state index < -0.39 is 0 Å². The highest BCUT2D eigenvalue weighted by molar-refractivity contribution is 5.78. The Bertz CT molecular complexity index is 561. The summed E-state index contributed by atoms with van der Waals surface area (Å²) in [5, 5.41) is 9.34. The van der Waals surface area contributed by atoms with Crippen LogP contribution in [0, 0.1) is 0 Å². The molecule has 0 fully saturated rings. The molecule has 2 aromatic carbocycles. The number of carbonyl (C=O) groups excluding carboxylic acids is 1. The van der Waals surface area contributed by atoms with Gasteiger partial charge in [-0.1, -0.05) is 18.2 Å². The highest BCUT2D eigenvalue weighted by atomic mass is 16.5. The molecule has 92 valence electrons. The zero-order valence-electron chi connectivity index (χ0n) is 10.1. The zero-order valence-corrected chi connectivity index (χ0v) is 10.1. The SMILES string of the molecule is CC(=O)Cc1cccc(Oc2cccc(O)c2)c1. The molecule has 3 heteroatoms. The van der Waals surface area contributed by atoms with Crippen molar-refractivity contribution in [3.63, 3.8) is 0 Å². The summed E-state index contributed by atoms with van der Waals surface area (Å²) < 4.78 is 5.61. The quantitative estimate of drug-likeness (QED) is 0.894. The van der Waals surface area contributed by atoms with E-state index in [1.54, 1.807) is 25.1 Å². The van der Waals surface area contributed by atoms with Gasteiger partial charge in [-0.05, 0) is 36.8 Å². The molecule has 0 aliphatic carbocycles. The molecular formula is C15H14O3. The fourth-order valence-electron chi connectivity index (χ4n) is 1.69. The Morgan fingerprint density at radius 3 is 2.44 bits per heavy atom. The largest absolute Gasteiger partial charge is 0.508 e. The summed E-state index contributed by atoms with van der Waals surface area (Å²) in [7, 11) is 0. The molecule has 0 aliphatic heterocycles. The fourth-order valence-corrected chi connectivity index (χ4v) is 1.69. The molecule has 2 aromatic rings. The summed E-state index contributed by atoms with van der Waals surface area (Å²) in [6.45, 7) is 1.56. The predicted molar refractivity (Wildman–Crippen MR) is 69.0 cm³/mol. The van der Waals surface area contributed by atoms with Gasteiger partial charge in [0.25, 0.3) is 0 Å². The molecule has 0 saturated heterocycles. The van der Waals surface area contributed by atoms with Crippen LogP contribution < -0.4 is 4.74 Å². The van der Waals surface area contributed by atoms with Gasteiger partial charge >= 0.3 is 0 Å². The standard InChI is InChI=1S/C15H14O3/c1-11(16)8-12-4-2-6-14(9-12)18-15-7-3-5-13(17)10-15/h2-7,9-10,17H,8H2,1H3. The third-order valence-electron chi connectivity index (χ3n) is 2.40. The second kappa shape index (κ2) is 5.36. The average Bonchev–Trinajstić information content (AvgIpc) is 2.28. The highest BCUT2D eigenvalue weighted by Gasteiger charge is 2.02. The van der Waals surface area contributed by atoms with Crippen molar-refractivity contribution in [3.05, 3.63) is 54.1 Å². The lowest BCUT2D eigenvalue weighted by Crippen LogP contribution is -1.96. The molecule has 0 saturated carbocycles. The van der Waals surface area contributed by atoms with Crippen LogP contribution in [-0.4, -0.2) is 10.9 Å². The van der Waals surface area contributed by atoms with Crippen molar-refractivity contribution in [3.8, 4) is 17.2 Å². The van der Waals surface area contributed by atoms with Gasteiger partial charge in [0.05, 0.1) is 0 Å². The Morgan fingerprint density at radius 2 is 1.78 bits per heavy atom. The Kier molecular flexibility index (Phi) is 3.63. The number of phenols is 1. The van der Waals surface area contributed by atoms with E-state index in [0.717, 1.165) is 5.56 Å². The third-order valence-corrected chi connectivity index (χ3v) is 2.40. The minimum Gasteiger partial charge on any atom is -0.508 e. The van der Waals surface area contributed by atoms with Crippen molar-refractivity contribution in [1.29, 1.82) is 0 Å². The maximum Gasteiger partial charge on any atom is 0.134 e. The van der Waals surface area contributed by atoms with Crippen LogP contribution in [0.2, 0.25) is 0 Å². The number of hydrogen-bond acceptors (Lipinski definition) is 3. The molecule has 3 nitrogen and oxygen atoms in total. The van der Waals surface area contributed by atoms with Gasteiger partial charge in [-0.25, -0.2) is 0 Å². The summed E-state index contributed by atoms with van der Waals surface area (Å²) in [6, 6.07) is 14.0. The van der Waals surface area contributed by atoms with Crippen molar-refractivity contribution in [2.24, 2.45) is 0 Å². The van der Waals surface area contributed by atoms with E-state index in [2.05, 4.69) is 0 Å². The van der Waals surface area contributed by atoms with Crippen LogP contribution in [0.25, 0.3) is 0 Å². The first kappa shape index (κ1) is 12.2. The van der Waals surface area contributed by atoms with E-state index in [4.69, 9.17) is 4.74 Å². The number of phenolic OH excluding ortho intramolecular Hbond substituents is 1. The molecular weight excluding hydrogens is 228 g/mol. The van der Waals surface area contributed by atoms with E-state index in [1.165, 1.54) is 6.07 Å². The number of benzene rings is 2. The van der Waals surface area contributed by atoms with E-state index in [1.807, 2.05) is 24.3 Å². The lowest BCUT2D eigenvalue weighted by molar-refractivity contribution is -0.116. The maximum absolute atomic E-state index is 11.1. The Balaban J connectivity index is 2.16. The van der Waals surface area contributed by atoms with Crippen LogP contribution in [0.4, 0.5) is 0 Å². The van der Waals surface area contributed by atoms with Gasteiger partial charge in [-0.15, -0.1) is 0 Å². The van der Waals surface area contributed by atoms with Gasteiger partial charge in [0.2, 0.25) is 0 Å². The van der Waals surface area contributed by atoms with E-state index >= 15 is 0 Å². The first-order chi connectivity index (χ1) is 8.63. The molecule has 18 heavy (non-hydrogen) atoms. The van der Waals surface area contributed by atoms with E-state index in [9.17, 15) is 9.90 Å².